The summed E-state index contributed by atoms with van der Waals surface area (Å²) in [4.78, 5) is 26.1. The predicted molar refractivity (Wildman–Crippen MR) is 99.2 cm³/mol. The van der Waals surface area contributed by atoms with Gasteiger partial charge in [-0.3, -0.25) is 4.79 Å². The summed E-state index contributed by atoms with van der Waals surface area (Å²) in [7, 11) is 0.323. The molecule has 1 aromatic rings. The molecule has 150 valence electrons. The second kappa shape index (κ2) is 9.18. The van der Waals surface area contributed by atoms with Gasteiger partial charge in [0.2, 0.25) is 10.0 Å². The second-order valence-electron chi connectivity index (χ2n) is 6.52. The van der Waals surface area contributed by atoms with Gasteiger partial charge in [0, 0.05) is 27.2 Å². The van der Waals surface area contributed by atoms with Gasteiger partial charge >= 0.3 is 5.97 Å². The summed E-state index contributed by atoms with van der Waals surface area (Å²) in [6.07, 6.45) is 4.09. The molecule has 0 aliphatic carbocycles. The van der Waals surface area contributed by atoms with E-state index in [0.29, 0.717) is 13.1 Å². The van der Waals surface area contributed by atoms with E-state index < -0.39 is 16.0 Å². The van der Waals surface area contributed by atoms with Crippen LogP contribution in [0.1, 0.15) is 36.0 Å². The molecule has 2 rings (SSSR count). The van der Waals surface area contributed by atoms with E-state index in [4.69, 9.17) is 9.47 Å². The highest BCUT2D eigenvalue weighted by Crippen LogP contribution is 2.27. The van der Waals surface area contributed by atoms with E-state index in [0.717, 1.165) is 30.0 Å². The Morgan fingerprint density at radius 3 is 2.30 bits per heavy atom. The number of esters is 1. The Morgan fingerprint density at radius 2 is 1.74 bits per heavy atom. The summed E-state index contributed by atoms with van der Waals surface area (Å²) >= 11 is 0. The number of sulfonamides is 1. The van der Waals surface area contributed by atoms with Gasteiger partial charge in [0.15, 0.2) is 6.61 Å². The first kappa shape index (κ1) is 21.2. The fraction of sp³-hybridized carbons (Fsp3) is 0.556. The van der Waals surface area contributed by atoms with Gasteiger partial charge < -0.3 is 14.4 Å². The van der Waals surface area contributed by atoms with Crippen LogP contribution in [0.15, 0.2) is 23.1 Å². The third-order valence-electron chi connectivity index (χ3n) is 4.44. The van der Waals surface area contributed by atoms with Crippen LogP contribution in [-0.4, -0.2) is 70.4 Å². The van der Waals surface area contributed by atoms with Crippen molar-refractivity contribution in [3.8, 4) is 5.75 Å². The number of carbonyl (C=O) groups is 2. The maximum absolute atomic E-state index is 12.4. The van der Waals surface area contributed by atoms with Crippen molar-refractivity contribution in [1.29, 1.82) is 0 Å². The van der Waals surface area contributed by atoms with E-state index in [2.05, 4.69) is 0 Å². The standard InChI is InChI=1S/C18H26N2O6S/c1-19(2)27(23,24)16-12-14(8-9-15(16)25-3)18(22)26-13-17(21)20-10-6-4-5-7-11-20/h8-9,12H,4-7,10-11,13H2,1-3H3. The Labute approximate surface area is 160 Å². The number of methoxy groups -OCH3 is 1. The molecular formula is C18H26N2O6S. The van der Waals surface area contributed by atoms with E-state index >= 15 is 0 Å². The molecule has 1 aliphatic heterocycles. The summed E-state index contributed by atoms with van der Waals surface area (Å²) in [5.41, 5.74) is 0.0416. The number of ether oxygens (including phenoxy) is 2. The lowest BCUT2D eigenvalue weighted by atomic mass is 10.2. The molecule has 0 saturated carbocycles. The number of carbonyl (C=O) groups excluding carboxylic acids is 2. The molecule has 0 radical (unpaired) electrons. The Balaban J connectivity index is 2.11. The monoisotopic (exact) mass is 398 g/mol. The van der Waals surface area contributed by atoms with Gasteiger partial charge in [0.1, 0.15) is 10.6 Å². The highest BCUT2D eigenvalue weighted by Gasteiger charge is 2.25. The predicted octanol–water partition coefficient (Wildman–Crippen LogP) is 1.50. The van der Waals surface area contributed by atoms with Crippen LogP contribution in [0.5, 0.6) is 5.75 Å². The number of nitrogens with zero attached hydrogens (tertiary/aromatic N) is 2. The topological polar surface area (TPSA) is 93.2 Å². The molecule has 1 aliphatic rings. The van der Waals surface area contributed by atoms with Crippen molar-refractivity contribution >= 4 is 21.9 Å². The Hall–Kier alpha value is -2.13. The van der Waals surface area contributed by atoms with Crippen LogP contribution >= 0.6 is 0 Å². The minimum Gasteiger partial charge on any atom is -0.495 e. The first-order valence-electron chi connectivity index (χ1n) is 8.83. The number of likely N-dealkylation sites (tertiary alicyclic amines) is 1. The van der Waals surface area contributed by atoms with Crippen LogP contribution in [0.3, 0.4) is 0 Å². The van der Waals surface area contributed by atoms with E-state index in [9.17, 15) is 18.0 Å². The number of rotatable bonds is 6. The van der Waals surface area contributed by atoms with Crippen molar-refractivity contribution < 1.29 is 27.5 Å². The van der Waals surface area contributed by atoms with E-state index in [1.165, 1.54) is 39.4 Å². The van der Waals surface area contributed by atoms with Crippen molar-refractivity contribution in [2.45, 2.75) is 30.6 Å². The van der Waals surface area contributed by atoms with Crippen LogP contribution in [0.25, 0.3) is 0 Å². The van der Waals surface area contributed by atoms with Crippen molar-refractivity contribution in [3.63, 3.8) is 0 Å². The lowest BCUT2D eigenvalue weighted by molar-refractivity contribution is -0.134. The Kier molecular flexibility index (Phi) is 7.20. The maximum Gasteiger partial charge on any atom is 0.338 e. The van der Waals surface area contributed by atoms with Crippen molar-refractivity contribution in [3.05, 3.63) is 23.8 Å². The van der Waals surface area contributed by atoms with Gasteiger partial charge in [0.05, 0.1) is 12.7 Å². The van der Waals surface area contributed by atoms with Crippen LogP contribution in [0.2, 0.25) is 0 Å². The normalized spacial score (nSPS) is 15.3. The van der Waals surface area contributed by atoms with Crippen LogP contribution < -0.4 is 4.74 Å². The molecule has 27 heavy (non-hydrogen) atoms. The summed E-state index contributed by atoms with van der Waals surface area (Å²) < 4.78 is 36.1. The lowest BCUT2D eigenvalue weighted by Gasteiger charge is -2.20. The van der Waals surface area contributed by atoms with Crippen LogP contribution in [-0.2, 0) is 19.6 Å². The van der Waals surface area contributed by atoms with Gasteiger partial charge in [-0.1, -0.05) is 12.8 Å². The molecular weight excluding hydrogens is 372 g/mol. The number of hydrogen-bond donors (Lipinski definition) is 0. The summed E-state index contributed by atoms with van der Waals surface area (Å²) in [6.45, 7) is 0.981. The molecule has 0 unspecified atom stereocenters. The quantitative estimate of drug-likeness (QED) is 0.674. The minimum atomic E-state index is -3.80. The summed E-state index contributed by atoms with van der Waals surface area (Å²) in [5.74, 6) is -0.864. The van der Waals surface area contributed by atoms with Gasteiger partial charge in [-0.05, 0) is 31.0 Å². The average Bonchev–Trinajstić information content (AvgIpc) is 2.94. The lowest BCUT2D eigenvalue weighted by Crippen LogP contribution is -2.35. The molecule has 0 N–H and O–H groups in total. The molecule has 1 saturated heterocycles. The molecule has 0 spiro atoms. The molecule has 0 aromatic heterocycles. The molecule has 0 bridgehead atoms. The Bertz CT molecular complexity index is 783. The SMILES string of the molecule is COc1ccc(C(=O)OCC(=O)N2CCCCCC2)cc1S(=O)(=O)N(C)C. The van der Waals surface area contributed by atoms with Crippen LogP contribution in [0, 0.1) is 0 Å². The largest absolute Gasteiger partial charge is 0.495 e. The smallest absolute Gasteiger partial charge is 0.338 e. The van der Waals surface area contributed by atoms with E-state index in [1.807, 2.05) is 0 Å². The fourth-order valence-electron chi connectivity index (χ4n) is 2.82. The fourth-order valence-corrected chi connectivity index (χ4v) is 3.90. The van der Waals surface area contributed by atoms with Crippen molar-refractivity contribution in [2.75, 3.05) is 40.9 Å². The number of hydrogen-bond acceptors (Lipinski definition) is 6. The first-order valence-corrected chi connectivity index (χ1v) is 10.3. The van der Waals surface area contributed by atoms with Gasteiger partial charge in [-0.25, -0.2) is 17.5 Å². The zero-order valence-electron chi connectivity index (χ0n) is 15.9. The molecule has 1 heterocycles. The van der Waals surface area contributed by atoms with Crippen LogP contribution in [0.4, 0.5) is 0 Å². The zero-order chi connectivity index (χ0) is 20.0. The van der Waals surface area contributed by atoms with Gasteiger partial charge in [-0.2, -0.15) is 0 Å². The maximum atomic E-state index is 12.4. The van der Waals surface area contributed by atoms with E-state index in [1.54, 1.807) is 4.90 Å². The molecule has 1 aromatic carbocycles. The molecule has 0 atom stereocenters. The first-order chi connectivity index (χ1) is 12.8. The summed E-state index contributed by atoms with van der Waals surface area (Å²) in [5, 5.41) is 0. The highest BCUT2D eigenvalue weighted by molar-refractivity contribution is 7.89. The molecule has 1 fully saturated rings. The average molecular weight is 398 g/mol. The number of benzene rings is 1. The summed E-state index contributed by atoms with van der Waals surface area (Å²) in [6, 6.07) is 4.00. The van der Waals surface area contributed by atoms with Gasteiger partial charge in [0.25, 0.3) is 5.91 Å². The zero-order valence-corrected chi connectivity index (χ0v) is 16.8. The number of amides is 1. The second-order valence-corrected chi connectivity index (χ2v) is 8.64. The highest BCUT2D eigenvalue weighted by atomic mass is 32.2. The molecule has 8 nitrogen and oxygen atoms in total. The van der Waals surface area contributed by atoms with E-state index in [-0.39, 0.29) is 28.7 Å². The third kappa shape index (κ3) is 5.20. The van der Waals surface area contributed by atoms with Crippen molar-refractivity contribution in [2.24, 2.45) is 0 Å². The molecule has 9 heteroatoms. The minimum absolute atomic E-state index is 0.0416. The third-order valence-corrected chi connectivity index (χ3v) is 6.28. The molecule has 1 amide bonds. The Morgan fingerprint density at radius 1 is 1.11 bits per heavy atom. The van der Waals surface area contributed by atoms with Gasteiger partial charge in [-0.15, -0.1) is 0 Å². The van der Waals surface area contributed by atoms with Crippen molar-refractivity contribution in [1.82, 2.24) is 9.21 Å².